The second kappa shape index (κ2) is 9.32. The third-order valence-electron chi connectivity index (χ3n) is 2.53. The molecule has 0 amide bonds. The normalized spacial score (nSPS) is 10.1. The highest BCUT2D eigenvalue weighted by Crippen LogP contribution is 2.15. The van der Waals surface area contributed by atoms with Gasteiger partial charge in [0, 0.05) is 6.54 Å². The largest absolute Gasteiger partial charge is 0.492 e. The van der Waals surface area contributed by atoms with E-state index >= 15 is 0 Å². The topological polar surface area (TPSA) is 21.3 Å². The maximum Gasteiger partial charge on any atom is 0.122 e. The third-order valence-corrected chi connectivity index (χ3v) is 2.53. The molecule has 0 radical (unpaired) electrons. The van der Waals surface area contributed by atoms with Crippen LogP contribution in [-0.2, 0) is 0 Å². The number of rotatable bonds is 7. The molecule has 0 aliphatic heterocycles. The lowest BCUT2D eigenvalue weighted by Crippen LogP contribution is -2.23. The zero-order valence-corrected chi connectivity index (χ0v) is 11.8. The summed E-state index contributed by atoms with van der Waals surface area (Å²) in [6.45, 7) is 9.29. The number of hydrogen-bond donors (Lipinski definition) is 1. The SMILES string of the molecule is Cc1ccccc1OCCNCCC(C)C.Cl. The van der Waals surface area contributed by atoms with Gasteiger partial charge in [0.1, 0.15) is 12.4 Å². The zero-order chi connectivity index (χ0) is 11.8. The van der Waals surface area contributed by atoms with E-state index in [-0.39, 0.29) is 12.4 Å². The molecule has 1 N–H and O–H groups in total. The fraction of sp³-hybridized carbons (Fsp3) is 0.571. The molecule has 0 aliphatic carbocycles. The van der Waals surface area contributed by atoms with Gasteiger partial charge in [0.15, 0.2) is 0 Å². The van der Waals surface area contributed by atoms with E-state index in [1.54, 1.807) is 0 Å². The van der Waals surface area contributed by atoms with Crippen LogP contribution in [0.3, 0.4) is 0 Å². The Bertz CT molecular complexity index is 302. The third kappa shape index (κ3) is 7.24. The van der Waals surface area contributed by atoms with Gasteiger partial charge in [0.05, 0.1) is 0 Å². The van der Waals surface area contributed by atoms with E-state index in [1.165, 1.54) is 12.0 Å². The van der Waals surface area contributed by atoms with Crippen LogP contribution in [0, 0.1) is 12.8 Å². The Morgan fingerprint density at radius 2 is 1.88 bits per heavy atom. The molecule has 0 heterocycles. The zero-order valence-electron chi connectivity index (χ0n) is 11.0. The number of halogens is 1. The van der Waals surface area contributed by atoms with Crippen LogP contribution < -0.4 is 10.1 Å². The molecule has 0 saturated carbocycles. The number of nitrogens with one attached hydrogen (secondary N) is 1. The van der Waals surface area contributed by atoms with Crippen molar-refractivity contribution in [2.24, 2.45) is 5.92 Å². The van der Waals surface area contributed by atoms with Crippen LogP contribution in [0.5, 0.6) is 5.75 Å². The molecule has 0 saturated heterocycles. The second-order valence-electron chi connectivity index (χ2n) is 4.55. The molecule has 1 rings (SSSR count). The van der Waals surface area contributed by atoms with E-state index in [4.69, 9.17) is 4.74 Å². The van der Waals surface area contributed by atoms with E-state index in [0.717, 1.165) is 31.4 Å². The van der Waals surface area contributed by atoms with Crippen molar-refractivity contribution >= 4 is 12.4 Å². The summed E-state index contributed by atoms with van der Waals surface area (Å²) in [6.07, 6.45) is 1.23. The van der Waals surface area contributed by atoms with Gasteiger partial charge >= 0.3 is 0 Å². The van der Waals surface area contributed by atoms with Gasteiger partial charge in [-0.25, -0.2) is 0 Å². The van der Waals surface area contributed by atoms with Crippen molar-refractivity contribution < 1.29 is 4.74 Å². The molecule has 98 valence electrons. The summed E-state index contributed by atoms with van der Waals surface area (Å²) < 4.78 is 5.68. The molecular weight excluding hydrogens is 234 g/mol. The number of hydrogen-bond acceptors (Lipinski definition) is 2. The molecule has 1 aromatic carbocycles. The Morgan fingerprint density at radius 3 is 2.53 bits per heavy atom. The molecule has 0 aliphatic rings. The fourth-order valence-corrected chi connectivity index (χ4v) is 1.47. The maximum absolute atomic E-state index is 5.68. The van der Waals surface area contributed by atoms with Gasteiger partial charge in [-0.15, -0.1) is 12.4 Å². The minimum atomic E-state index is 0. The van der Waals surface area contributed by atoms with Crippen molar-refractivity contribution in [2.75, 3.05) is 19.7 Å². The first-order valence-electron chi connectivity index (χ1n) is 6.09. The Hall–Kier alpha value is -0.730. The highest BCUT2D eigenvalue weighted by atomic mass is 35.5. The molecule has 0 aromatic heterocycles. The average molecular weight is 258 g/mol. The first-order chi connectivity index (χ1) is 7.70. The summed E-state index contributed by atoms with van der Waals surface area (Å²) >= 11 is 0. The first-order valence-corrected chi connectivity index (χ1v) is 6.09. The summed E-state index contributed by atoms with van der Waals surface area (Å²) in [5, 5.41) is 3.38. The summed E-state index contributed by atoms with van der Waals surface area (Å²) in [5.74, 6) is 1.76. The molecule has 0 fully saturated rings. The van der Waals surface area contributed by atoms with Gasteiger partial charge in [-0.1, -0.05) is 32.0 Å². The highest BCUT2D eigenvalue weighted by molar-refractivity contribution is 5.85. The van der Waals surface area contributed by atoms with Crippen molar-refractivity contribution in [2.45, 2.75) is 27.2 Å². The van der Waals surface area contributed by atoms with Gasteiger partial charge < -0.3 is 10.1 Å². The van der Waals surface area contributed by atoms with Gasteiger partial charge in [-0.05, 0) is 37.4 Å². The maximum atomic E-state index is 5.68. The van der Waals surface area contributed by atoms with E-state index in [0.29, 0.717) is 0 Å². The Labute approximate surface area is 111 Å². The molecule has 17 heavy (non-hydrogen) atoms. The van der Waals surface area contributed by atoms with E-state index in [2.05, 4.69) is 32.2 Å². The van der Waals surface area contributed by atoms with Crippen molar-refractivity contribution in [3.8, 4) is 5.75 Å². The minimum Gasteiger partial charge on any atom is -0.492 e. The number of ether oxygens (including phenoxy) is 1. The van der Waals surface area contributed by atoms with Crippen LogP contribution in [0.25, 0.3) is 0 Å². The summed E-state index contributed by atoms with van der Waals surface area (Å²) in [4.78, 5) is 0. The average Bonchev–Trinajstić information content (AvgIpc) is 2.25. The van der Waals surface area contributed by atoms with Crippen LogP contribution in [0.1, 0.15) is 25.8 Å². The molecule has 0 unspecified atom stereocenters. The van der Waals surface area contributed by atoms with E-state index in [9.17, 15) is 0 Å². The summed E-state index contributed by atoms with van der Waals surface area (Å²) in [7, 11) is 0. The summed E-state index contributed by atoms with van der Waals surface area (Å²) in [5.41, 5.74) is 1.20. The predicted molar refractivity (Wildman–Crippen MR) is 76.2 cm³/mol. The molecular formula is C14H24ClNO. The van der Waals surface area contributed by atoms with E-state index < -0.39 is 0 Å². The van der Waals surface area contributed by atoms with Crippen molar-refractivity contribution in [1.82, 2.24) is 5.32 Å². The lowest BCUT2D eigenvalue weighted by Gasteiger charge is -2.10. The Balaban J connectivity index is 0.00000256. The van der Waals surface area contributed by atoms with Gasteiger partial charge in [-0.2, -0.15) is 0 Å². The quantitative estimate of drug-likeness (QED) is 0.756. The lowest BCUT2D eigenvalue weighted by molar-refractivity contribution is 0.310. The number of aryl methyl sites for hydroxylation is 1. The standard InChI is InChI=1S/C14H23NO.ClH/c1-12(2)8-9-15-10-11-16-14-7-5-4-6-13(14)3;/h4-7,12,15H,8-11H2,1-3H3;1H. The smallest absolute Gasteiger partial charge is 0.122 e. The molecule has 1 aromatic rings. The van der Waals surface area contributed by atoms with E-state index in [1.807, 2.05) is 18.2 Å². The molecule has 2 nitrogen and oxygen atoms in total. The van der Waals surface area contributed by atoms with Gasteiger partial charge in [0.2, 0.25) is 0 Å². The highest BCUT2D eigenvalue weighted by Gasteiger charge is 1.97. The molecule has 0 atom stereocenters. The van der Waals surface area contributed by atoms with Crippen molar-refractivity contribution in [3.63, 3.8) is 0 Å². The monoisotopic (exact) mass is 257 g/mol. The van der Waals surface area contributed by atoms with Crippen LogP contribution in [0.2, 0.25) is 0 Å². The first kappa shape index (κ1) is 16.3. The Morgan fingerprint density at radius 1 is 1.18 bits per heavy atom. The number of para-hydroxylation sites is 1. The summed E-state index contributed by atoms with van der Waals surface area (Å²) in [6, 6.07) is 8.13. The van der Waals surface area contributed by atoms with Crippen LogP contribution in [-0.4, -0.2) is 19.7 Å². The molecule has 3 heteroatoms. The van der Waals surface area contributed by atoms with Crippen molar-refractivity contribution in [1.29, 1.82) is 0 Å². The second-order valence-corrected chi connectivity index (χ2v) is 4.55. The van der Waals surface area contributed by atoms with Crippen LogP contribution in [0.4, 0.5) is 0 Å². The van der Waals surface area contributed by atoms with Gasteiger partial charge in [-0.3, -0.25) is 0 Å². The van der Waals surface area contributed by atoms with Gasteiger partial charge in [0.25, 0.3) is 0 Å². The number of benzene rings is 1. The van der Waals surface area contributed by atoms with Crippen LogP contribution >= 0.6 is 12.4 Å². The predicted octanol–water partition coefficient (Wildman–Crippen LogP) is 3.43. The van der Waals surface area contributed by atoms with Crippen molar-refractivity contribution in [3.05, 3.63) is 29.8 Å². The molecule has 0 bridgehead atoms. The fourth-order valence-electron chi connectivity index (χ4n) is 1.47. The lowest BCUT2D eigenvalue weighted by atomic mass is 10.1. The van der Waals surface area contributed by atoms with Crippen LogP contribution in [0.15, 0.2) is 24.3 Å². The molecule has 0 spiro atoms. The minimum absolute atomic E-state index is 0. The Kier molecular flexibility index (Phi) is 8.92.